The third kappa shape index (κ3) is 7.94. The van der Waals surface area contributed by atoms with Crippen molar-refractivity contribution in [3.8, 4) is 61.6 Å². The van der Waals surface area contributed by atoms with E-state index in [9.17, 15) is 0 Å². The zero-order valence-electron chi connectivity index (χ0n) is 37.2. The van der Waals surface area contributed by atoms with Crippen molar-refractivity contribution in [2.45, 2.75) is 6.54 Å². The van der Waals surface area contributed by atoms with Gasteiger partial charge in [0.15, 0.2) is 0 Å². The molecule has 0 unspecified atom stereocenters. The fourth-order valence-corrected chi connectivity index (χ4v) is 9.42. The average molecular weight is 862 g/mol. The summed E-state index contributed by atoms with van der Waals surface area (Å²) in [5.41, 5.74) is 24.5. The van der Waals surface area contributed by atoms with Gasteiger partial charge in [0.05, 0.1) is 34.7 Å². The molecule has 320 valence electrons. The summed E-state index contributed by atoms with van der Waals surface area (Å²) in [5.74, 6) is 0.845. The Bertz CT molecular complexity index is 3490. The zero-order chi connectivity index (χ0) is 45.1. The van der Waals surface area contributed by atoms with E-state index in [-0.39, 0.29) is 0 Å². The van der Waals surface area contributed by atoms with Crippen LogP contribution in [0.4, 0.5) is 11.4 Å². The van der Waals surface area contributed by atoms with Crippen molar-refractivity contribution < 1.29 is 0 Å². The number of nitrogens with zero attached hydrogens (tertiary/aromatic N) is 4. The number of hydrogen-bond donors (Lipinski definition) is 1. The lowest BCUT2D eigenvalue weighted by Gasteiger charge is -2.27. The van der Waals surface area contributed by atoms with E-state index in [0.29, 0.717) is 12.2 Å². The summed E-state index contributed by atoms with van der Waals surface area (Å²) in [7, 11) is 2.15. The van der Waals surface area contributed by atoms with Gasteiger partial charge in [0.2, 0.25) is 0 Å². The van der Waals surface area contributed by atoms with Gasteiger partial charge in [-0.15, -0.1) is 0 Å². The SMILES string of the molecule is CN(/C(=N\Cc1ccccc1-c1ccccc1)c1ccccc1)c1c(-c2ccccc2N)ccc2c3ccccc3n(-c3ccc(-c4cc(-c5ccccc5)cc(-c5ccccc5)n4)cc3)c12. The first-order valence-electron chi connectivity index (χ1n) is 22.7. The maximum absolute atomic E-state index is 6.89. The molecule has 5 nitrogen and oxygen atoms in total. The number of amidine groups is 1. The number of para-hydroxylation sites is 2. The first kappa shape index (κ1) is 40.9. The third-order valence-corrected chi connectivity index (χ3v) is 12.7. The van der Waals surface area contributed by atoms with E-state index in [1.54, 1.807) is 0 Å². The molecule has 0 saturated carbocycles. The van der Waals surface area contributed by atoms with Crippen molar-refractivity contribution in [3.05, 3.63) is 254 Å². The first-order valence-corrected chi connectivity index (χ1v) is 22.7. The van der Waals surface area contributed by atoms with E-state index < -0.39 is 0 Å². The summed E-state index contributed by atoms with van der Waals surface area (Å²) in [4.78, 5) is 13.1. The number of pyridine rings is 1. The van der Waals surface area contributed by atoms with E-state index in [0.717, 1.165) is 94.9 Å². The number of hydrogen-bond acceptors (Lipinski definition) is 3. The highest BCUT2D eigenvalue weighted by molar-refractivity contribution is 6.21. The van der Waals surface area contributed by atoms with Gasteiger partial charge >= 0.3 is 0 Å². The monoisotopic (exact) mass is 861 g/mol. The Kier molecular flexibility index (Phi) is 11.0. The molecule has 0 radical (unpaired) electrons. The molecule has 2 heterocycles. The Labute approximate surface area is 391 Å². The normalized spacial score (nSPS) is 11.6. The maximum Gasteiger partial charge on any atom is 0.135 e. The van der Waals surface area contributed by atoms with E-state index in [4.69, 9.17) is 15.7 Å². The number of fused-ring (bicyclic) bond motifs is 3. The minimum absolute atomic E-state index is 0.481. The van der Waals surface area contributed by atoms with Crippen LogP contribution in [0.2, 0.25) is 0 Å². The minimum Gasteiger partial charge on any atom is -0.398 e. The van der Waals surface area contributed by atoms with Crippen molar-refractivity contribution in [2.24, 2.45) is 4.99 Å². The molecule has 0 bridgehead atoms. The molecule has 11 aromatic rings. The van der Waals surface area contributed by atoms with Gasteiger partial charge in [0.25, 0.3) is 0 Å². The van der Waals surface area contributed by atoms with Gasteiger partial charge in [-0.05, 0) is 64.2 Å². The lowest BCUT2D eigenvalue weighted by atomic mass is 9.98. The standard InChI is InChI=1S/C62H47N5/c1-66(62(47-26-12-5-13-27-47)64-42-48-28-14-15-29-51(48)44-22-8-3-9-23-44)60-54(52-30-16-18-32-56(52)63)38-39-55-53-31-17-19-33-59(53)67(61(55)60)50-36-34-46(35-37-50)58-41-49(43-20-6-2-7-21-43)40-57(65-58)45-24-10-4-11-25-45/h2-41H,42,63H2,1H3/b64-62-. The summed E-state index contributed by atoms with van der Waals surface area (Å²) in [6, 6.07) is 85.1. The van der Waals surface area contributed by atoms with Gasteiger partial charge in [-0.1, -0.05) is 206 Å². The van der Waals surface area contributed by atoms with Gasteiger partial charge in [0.1, 0.15) is 5.84 Å². The van der Waals surface area contributed by atoms with Crippen LogP contribution in [-0.2, 0) is 6.54 Å². The molecule has 0 amide bonds. The zero-order valence-corrected chi connectivity index (χ0v) is 37.2. The number of aliphatic imine (C=N–C) groups is 1. The molecule has 0 aliphatic rings. The van der Waals surface area contributed by atoms with Gasteiger partial charge in [-0.2, -0.15) is 0 Å². The van der Waals surface area contributed by atoms with E-state index >= 15 is 0 Å². The largest absolute Gasteiger partial charge is 0.398 e. The number of nitrogen functional groups attached to an aromatic ring is 1. The molecule has 2 N–H and O–H groups in total. The Morgan fingerprint density at radius 2 is 1.03 bits per heavy atom. The van der Waals surface area contributed by atoms with Crippen LogP contribution >= 0.6 is 0 Å². The van der Waals surface area contributed by atoms with Gasteiger partial charge in [0, 0.05) is 57.0 Å². The van der Waals surface area contributed by atoms with E-state index in [1.807, 2.05) is 18.2 Å². The van der Waals surface area contributed by atoms with Crippen molar-refractivity contribution in [1.82, 2.24) is 9.55 Å². The third-order valence-electron chi connectivity index (χ3n) is 12.7. The lowest BCUT2D eigenvalue weighted by Crippen LogP contribution is -2.29. The Morgan fingerprint density at radius 3 is 1.72 bits per heavy atom. The molecule has 67 heavy (non-hydrogen) atoms. The Balaban J connectivity index is 1.11. The molecule has 0 fully saturated rings. The highest BCUT2D eigenvalue weighted by Crippen LogP contribution is 2.45. The van der Waals surface area contributed by atoms with Crippen molar-refractivity contribution in [3.63, 3.8) is 0 Å². The quantitative estimate of drug-likeness (QED) is 0.0846. The predicted molar refractivity (Wildman–Crippen MR) is 282 cm³/mol. The van der Waals surface area contributed by atoms with Gasteiger partial charge in [-0.25, -0.2) is 4.98 Å². The molecule has 0 spiro atoms. The number of aromatic nitrogens is 2. The Hall–Kier alpha value is -8.80. The van der Waals surface area contributed by atoms with Crippen molar-refractivity contribution in [1.29, 1.82) is 0 Å². The molecule has 11 rings (SSSR count). The highest BCUT2D eigenvalue weighted by atomic mass is 15.2. The fraction of sp³-hybridized carbons (Fsp3) is 0.0323. The molecule has 5 heteroatoms. The van der Waals surface area contributed by atoms with Gasteiger partial charge in [-0.3, -0.25) is 4.99 Å². The van der Waals surface area contributed by atoms with Crippen LogP contribution < -0.4 is 10.6 Å². The molecular formula is C62H47N5. The van der Waals surface area contributed by atoms with Crippen LogP contribution in [0.15, 0.2) is 248 Å². The first-order chi connectivity index (χ1) is 33.1. The second-order valence-electron chi connectivity index (χ2n) is 16.8. The van der Waals surface area contributed by atoms with Crippen LogP contribution in [0.3, 0.4) is 0 Å². The van der Waals surface area contributed by atoms with Crippen molar-refractivity contribution in [2.75, 3.05) is 17.7 Å². The van der Waals surface area contributed by atoms with Crippen LogP contribution in [0.5, 0.6) is 0 Å². The number of benzene rings is 9. The molecule has 9 aromatic carbocycles. The topological polar surface area (TPSA) is 59.4 Å². The molecule has 0 aliphatic carbocycles. The summed E-state index contributed by atoms with van der Waals surface area (Å²) in [5, 5.41) is 2.29. The second-order valence-corrected chi connectivity index (χ2v) is 16.8. The molecule has 0 aliphatic heterocycles. The second kappa shape index (κ2) is 18.0. The molecule has 2 aromatic heterocycles. The highest BCUT2D eigenvalue weighted by Gasteiger charge is 2.25. The number of nitrogens with two attached hydrogens (primary N) is 1. The van der Waals surface area contributed by atoms with Crippen LogP contribution in [-0.4, -0.2) is 22.4 Å². The molecule has 0 atom stereocenters. The predicted octanol–water partition coefficient (Wildman–Crippen LogP) is 15.2. The number of rotatable bonds is 10. The van der Waals surface area contributed by atoms with Crippen LogP contribution in [0.1, 0.15) is 11.1 Å². The van der Waals surface area contributed by atoms with Crippen LogP contribution in [0, 0.1) is 0 Å². The Morgan fingerprint density at radius 1 is 0.478 bits per heavy atom. The fourth-order valence-electron chi connectivity index (χ4n) is 9.42. The summed E-state index contributed by atoms with van der Waals surface area (Å²) in [6.45, 7) is 0.481. The number of anilines is 2. The van der Waals surface area contributed by atoms with E-state index in [2.05, 4.69) is 241 Å². The van der Waals surface area contributed by atoms with Crippen LogP contribution in [0.25, 0.3) is 83.4 Å². The molecular weight excluding hydrogens is 815 g/mol. The summed E-state index contributed by atoms with van der Waals surface area (Å²) >= 11 is 0. The maximum atomic E-state index is 6.89. The van der Waals surface area contributed by atoms with E-state index in [1.165, 1.54) is 11.1 Å². The summed E-state index contributed by atoms with van der Waals surface area (Å²) < 4.78 is 2.40. The lowest BCUT2D eigenvalue weighted by molar-refractivity contribution is 1.05. The average Bonchev–Trinajstić information content (AvgIpc) is 3.74. The van der Waals surface area contributed by atoms with Crippen molar-refractivity contribution >= 4 is 39.0 Å². The smallest absolute Gasteiger partial charge is 0.135 e. The summed E-state index contributed by atoms with van der Waals surface area (Å²) in [6.07, 6.45) is 0. The van der Waals surface area contributed by atoms with Gasteiger partial charge < -0.3 is 15.2 Å². The minimum atomic E-state index is 0.481. The molecule has 0 saturated heterocycles.